The molecule has 0 fully saturated rings. The molecule has 4 heteroatoms. The van der Waals surface area contributed by atoms with Gasteiger partial charge in [-0.3, -0.25) is 4.79 Å². The van der Waals surface area contributed by atoms with E-state index in [2.05, 4.69) is 0 Å². The molecule has 1 aromatic rings. The highest BCUT2D eigenvalue weighted by atomic mass is 35.5. The van der Waals surface area contributed by atoms with Gasteiger partial charge < -0.3 is 5.73 Å². The lowest BCUT2D eigenvalue weighted by molar-refractivity contribution is 0.101. The molecule has 0 aliphatic heterocycles. The molecule has 0 saturated heterocycles. The summed E-state index contributed by atoms with van der Waals surface area (Å²) in [4.78, 5) is 11.0. The van der Waals surface area contributed by atoms with Gasteiger partial charge in [-0.05, 0) is 19.1 Å². The van der Waals surface area contributed by atoms with Crippen molar-refractivity contribution in [2.45, 2.75) is 6.92 Å². The van der Waals surface area contributed by atoms with E-state index in [0.29, 0.717) is 11.3 Å². The SMILES string of the molecule is CC(=O)c1cc(N)cc(C#N)c1Cl. The molecule has 0 amide bonds. The minimum absolute atomic E-state index is 0.171. The molecule has 1 rings (SSSR count). The first-order chi connectivity index (χ1) is 6.06. The van der Waals surface area contributed by atoms with Crippen LogP contribution in [0.15, 0.2) is 12.1 Å². The van der Waals surface area contributed by atoms with E-state index in [1.807, 2.05) is 6.07 Å². The summed E-state index contributed by atoms with van der Waals surface area (Å²) in [5.41, 5.74) is 6.37. The summed E-state index contributed by atoms with van der Waals surface area (Å²) < 4.78 is 0. The first-order valence-electron chi connectivity index (χ1n) is 3.56. The summed E-state index contributed by atoms with van der Waals surface area (Å²) >= 11 is 5.78. The van der Waals surface area contributed by atoms with Crippen molar-refractivity contribution in [3.63, 3.8) is 0 Å². The number of carbonyl (C=O) groups excluding carboxylic acids is 1. The van der Waals surface area contributed by atoms with Gasteiger partial charge in [-0.2, -0.15) is 5.26 Å². The molecule has 0 spiro atoms. The van der Waals surface area contributed by atoms with E-state index in [1.54, 1.807) is 0 Å². The highest BCUT2D eigenvalue weighted by molar-refractivity contribution is 6.35. The summed E-state index contributed by atoms with van der Waals surface area (Å²) in [6.07, 6.45) is 0. The Labute approximate surface area is 80.7 Å². The zero-order valence-corrected chi connectivity index (χ0v) is 7.72. The Morgan fingerprint density at radius 1 is 1.62 bits per heavy atom. The number of carbonyl (C=O) groups is 1. The Morgan fingerprint density at radius 3 is 2.69 bits per heavy atom. The third-order valence-electron chi connectivity index (χ3n) is 1.59. The lowest BCUT2D eigenvalue weighted by Crippen LogP contribution is -1.98. The molecular weight excluding hydrogens is 188 g/mol. The Kier molecular flexibility index (Phi) is 2.54. The molecule has 0 atom stereocenters. The van der Waals surface area contributed by atoms with Crippen LogP contribution in [0.3, 0.4) is 0 Å². The van der Waals surface area contributed by atoms with Gasteiger partial charge >= 0.3 is 0 Å². The number of nitrogen functional groups attached to an aromatic ring is 1. The molecule has 2 N–H and O–H groups in total. The van der Waals surface area contributed by atoms with Gasteiger partial charge in [-0.15, -0.1) is 0 Å². The van der Waals surface area contributed by atoms with Gasteiger partial charge in [-0.25, -0.2) is 0 Å². The van der Waals surface area contributed by atoms with E-state index in [1.165, 1.54) is 19.1 Å². The van der Waals surface area contributed by atoms with Gasteiger partial charge in [0.1, 0.15) is 6.07 Å². The first kappa shape index (κ1) is 9.56. The van der Waals surface area contributed by atoms with E-state index < -0.39 is 0 Å². The van der Waals surface area contributed by atoms with Gasteiger partial charge in [0.25, 0.3) is 0 Å². The number of Topliss-reactive ketones (excluding diaryl/α,β-unsaturated/α-hetero) is 1. The van der Waals surface area contributed by atoms with Crippen LogP contribution in [0.5, 0.6) is 0 Å². The summed E-state index contributed by atoms with van der Waals surface area (Å²) in [6, 6.07) is 4.77. The molecule has 0 heterocycles. The van der Waals surface area contributed by atoms with Gasteiger partial charge in [0, 0.05) is 11.3 Å². The molecular formula is C9H7ClN2O. The smallest absolute Gasteiger partial charge is 0.161 e. The monoisotopic (exact) mass is 194 g/mol. The average molecular weight is 195 g/mol. The molecule has 0 aliphatic carbocycles. The quantitative estimate of drug-likeness (QED) is 0.549. The van der Waals surface area contributed by atoms with Crippen LogP contribution in [0.1, 0.15) is 22.8 Å². The molecule has 0 radical (unpaired) electrons. The van der Waals surface area contributed by atoms with Crippen molar-refractivity contribution in [3.8, 4) is 6.07 Å². The Morgan fingerprint density at radius 2 is 2.23 bits per heavy atom. The van der Waals surface area contributed by atoms with E-state index in [4.69, 9.17) is 22.6 Å². The zero-order valence-electron chi connectivity index (χ0n) is 6.97. The highest BCUT2D eigenvalue weighted by Gasteiger charge is 2.10. The first-order valence-corrected chi connectivity index (χ1v) is 3.94. The predicted molar refractivity (Wildman–Crippen MR) is 50.6 cm³/mol. The van der Waals surface area contributed by atoms with Crippen LogP contribution in [0, 0.1) is 11.3 Å². The number of hydrogen-bond donors (Lipinski definition) is 1. The van der Waals surface area contributed by atoms with Gasteiger partial charge in [0.15, 0.2) is 5.78 Å². The molecule has 0 aliphatic rings. The molecule has 0 bridgehead atoms. The Bertz CT molecular complexity index is 407. The fourth-order valence-corrected chi connectivity index (χ4v) is 1.27. The van der Waals surface area contributed by atoms with Crippen LogP contribution in [0.4, 0.5) is 5.69 Å². The number of hydrogen-bond acceptors (Lipinski definition) is 3. The van der Waals surface area contributed by atoms with Crippen molar-refractivity contribution in [2.75, 3.05) is 5.73 Å². The lowest BCUT2D eigenvalue weighted by atomic mass is 10.1. The topological polar surface area (TPSA) is 66.9 Å². The van der Waals surface area contributed by atoms with E-state index in [-0.39, 0.29) is 16.4 Å². The van der Waals surface area contributed by atoms with Crippen LogP contribution >= 0.6 is 11.6 Å². The van der Waals surface area contributed by atoms with Crippen molar-refractivity contribution in [3.05, 3.63) is 28.3 Å². The van der Waals surface area contributed by atoms with Crippen molar-refractivity contribution >= 4 is 23.1 Å². The molecule has 66 valence electrons. The summed E-state index contributed by atoms with van der Waals surface area (Å²) in [7, 11) is 0. The Balaban J connectivity index is 3.47. The number of nitriles is 1. The van der Waals surface area contributed by atoms with Crippen LogP contribution in [-0.4, -0.2) is 5.78 Å². The summed E-state index contributed by atoms with van der Waals surface area (Å²) in [6.45, 7) is 1.38. The van der Waals surface area contributed by atoms with Gasteiger partial charge in [0.2, 0.25) is 0 Å². The summed E-state index contributed by atoms with van der Waals surface area (Å²) in [5, 5.41) is 8.82. The zero-order chi connectivity index (χ0) is 10.0. The Hall–Kier alpha value is -1.53. The molecule has 0 aromatic heterocycles. The molecule has 1 aromatic carbocycles. The maximum absolute atomic E-state index is 11.0. The molecule has 0 saturated carbocycles. The van der Waals surface area contributed by atoms with Crippen LogP contribution in [0.25, 0.3) is 0 Å². The second-order valence-corrected chi connectivity index (χ2v) is 2.98. The minimum Gasteiger partial charge on any atom is -0.399 e. The minimum atomic E-state index is -0.200. The lowest BCUT2D eigenvalue weighted by Gasteiger charge is -2.03. The largest absolute Gasteiger partial charge is 0.399 e. The number of anilines is 1. The third kappa shape index (κ3) is 1.79. The average Bonchev–Trinajstić information content (AvgIpc) is 2.08. The highest BCUT2D eigenvalue weighted by Crippen LogP contribution is 2.24. The number of halogens is 1. The standard InChI is InChI=1S/C9H7ClN2O/c1-5(13)8-3-7(12)2-6(4-11)9(8)10/h2-3H,12H2,1H3. The molecule has 13 heavy (non-hydrogen) atoms. The normalized spacial score (nSPS) is 9.31. The molecule has 0 unspecified atom stereocenters. The fourth-order valence-electron chi connectivity index (χ4n) is 0.984. The number of nitrogens with two attached hydrogens (primary N) is 1. The maximum atomic E-state index is 11.0. The van der Waals surface area contributed by atoms with Crippen molar-refractivity contribution in [1.29, 1.82) is 5.26 Å². The number of ketones is 1. The third-order valence-corrected chi connectivity index (χ3v) is 2.00. The predicted octanol–water partition coefficient (Wildman–Crippen LogP) is 2.00. The van der Waals surface area contributed by atoms with Crippen LogP contribution in [-0.2, 0) is 0 Å². The van der Waals surface area contributed by atoms with E-state index >= 15 is 0 Å². The van der Waals surface area contributed by atoms with Crippen molar-refractivity contribution in [2.24, 2.45) is 0 Å². The van der Waals surface area contributed by atoms with Crippen molar-refractivity contribution in [1.82, 2.24) is 0 Å². The number of benzene rings is 1. The maximum Gasteiger partial charge on any atom is 0.161 e. The van der Waals surface area contributed by atoms with Gasteiger partial charge in [-0.1, -0.05) is 11.6 Å². The van der Waals surface area contributed by atoms with Crippen LogP contribution in [0.2, 0.25) is 5.02 Å². The van der Waals surface area contributed by atoms with E-state index in [0.717, 1.165) is 0 Å². The number of nitrogens with zero attached hydrogens (tertiary/aromatic N) is 1. The fraction of sp³-hybridized carbons (Fsp3) is 0.111. The number of rotatable bonds is 1. The second-order valence-electron chi connectivity index (χ2n) is 2.60. The van der Waals surface area contributed by atoms with E-state index in [9.17, 15) is 4.79 Å². The van der Waals surface area contributed by atoms with Crippen molar-refractivity contribution < 1.29 is 4.79 Å². The molecule has 3 nitrogen and oxygen atoms in total. The second kappa shape index (κ2) is 3.46. The van der Waals surface area contributed by atoms with Gasteiger partial charge in [0.05, 0.1) is 10.6 Å². The van der Waals surface area contributed by atoms with Crippen LogP contribution < -0.4 is 5.73 Å². The summed E-state index contributed by atoms with van der Waals surface area (Å²) in [5.74, 6) is -0.200.